The summed E-state index contributed by atoms with van der Waals surface area (Å²) in [5.74, 6) is 0.223. The molecule has 4 heteroatoms. The second kappa shape index (κ2) is 6.86. The van der Waals surface area contributed by atoms with Crippen LogP contribution in [0.25, 0.3) is 0 Å². The summed E-state index contributed by atoms with van der Waals surface area (Å²) in [5.41, 5.74) is 2.19. The normalized spacial score (nSPS) is 18.4. The van der Waals surface area contributed by atoms with E-state index in [2.05, 4.69) is 24.4 Å². The molecule has 2 atom stereocenters. The maximum atomic E-state index is 11.7. The fourth-order valence-electron chi connectivity index (χ4n) is 2.49. The molecule has 1 aliphatic rings. The molecule has 0 aliphatic carbocycles. The van der Waals surface area contributed by atoms with Gasteiger partial charge in [0.25, 0.3) is 0 Å². The zero-order valence-electron chi connectivity index (χ0n) is 12.3. The standard InChI is InChI=1S/C16H24N2O2/c1-12(19)9-10-17-13(2)14-5-7-15(8-6-14)18-11-3-4-16(18)20/h5-8,12-13,17,19H,3-4,9-11H2,1-2H3. The van der Waals surface area contributed by atoms with Crippen molar-refractivity contribution in [3.05, 3.63) is 29.8 Å². The second-order valence-electron chi connectivity index (χ2n) is 5.55. The minimum Gasteiger partial charge on any atom is -0.393 e. The Morgan fingerprint density at radius 3 is 2.55 bits per heavy atom. The Hall–Kier alpha value is -1.39. The summed E-state index contributed by atoms with van der Waals surface area (Å²) in [6.07, 6.45) is 2.11. The first-order chi connectivity index (χ1) is 9.58. The van der Waals surface area contributed by atoms with Crippen molar-refractivity contribution in [2.75, 3.05) is 18.0 Å². The van der Waals surface area contributed by atoms with Gasteiger partial charge in [-0.15, -0.1) is 0 Å². The van der Waals surface area contributed by atoms with Crippen molar-refractivity contribution in [3.63, 3.8) is 0 Å². The van der Waals surface area contributed by atoms with Crippen molar-refractivity contribution in [2.24, 2.45) is 0 Å². The van der Waals surface area contributed by atoms with Gasteiger partial charge in [0.2, 0.25) is 5.91 Å². The third kappa shape index (κ3) is 3.81. The number of hydrogen-bond donors (Lipinski definition) is 2. The predicted octanol–water partition coefficient (Wildman–Crippen LogP) is 2.23. The van der Waals surface area contributed by atoms with E-state index in [1.165, 1.54) is 5.56 Å². The fraction of sp³-hybridized carbons (Fsp3) is 0.562. The van der Waals surface area contributed by atoms with Crippen LogP contribution in [0.5, 0.6) is 0 Å². The summed E-state index contributed by atoms with van der Waals surface area (Å²) < 4.78 is 0. The highest BCUT2D eigenvalue weighted by molar-refractivity contribution is 5.95. The molecule has 0 spiro atoms. The molecule has 0 radical (unpaired) electrons. The Morgan fingerprint density at radius 1 is 1.30 bits per heavy atom. The largest absolute Gasteiger partial charge is 0.393 e. The molecule has 4 nitrogen and oxygen atoms in total. The van der Waals surface area contributed by atoms with Crippen molar-refractivity contribution in [2.45, 2.75) is 45.3 Å². The van der Waals surface area contributed by atoms with Gasteiger partial charge in [0.1, 0.15) is 0 Å². The van der Waals surface area contributed by atoms with E-state index in [4.69, 9.17) is 0 Å². The SMILES string of the molecule is CC(O)CCNC(C)c1ccc(N2CCCC2=O)cc1. The molecule has 20 heavy (non-hydrogen) atoms. The van der Waals surface area contributed by atoms with Gasteiger partial charge in [-0.25, -0.2) is 0 Å². The molecule has 1 amide bonds. The van der Waals surface area contributed by atoms with E-state index in [1.807, 2.05) is 17.0 Å². The van der Waals surface area contributed by atoms with Gasteiger partial charge in [-0.1, -0.05) is 12.1 Å². The number of benzene rings is 1. The monoisotopic (exact) mass is 276 g/mol. The van der Waals surface area contributed by atoms with Crippen molar-refractivity contribution >= 4 is 11.6 Å². The van der Waals surface area contributed by atoms with Crippen LogP contribution in [-0.2, 0) is 4.79 Å². The molecule has 0 saturated carbocycles. The zero-order chi connectivity index (χ0) is 14.5. The molecule has 1 heterocycles. The molecule has 1 aromatic rings. The zero-order valence-corrected chi connectivity index (χ0v) is 12.3. The number of nitrogens with zero attached hydrogens (tertiary/aromatic N) is 1. The maximum Gasteiger partial charge on any atom is 0.227 e. The number of carbonyl (C=O) groups is 1. The van der Waals surface area contributed by atoms with E-state index >= 15 is 0 Å². The van der Waals surface area contributed by atoms with Gasteiger partial charge in [-0.05, 0) is 50.9 Å². The Balaban J connectivity index is 1.92. The van der Waals surface area contributed by atoms with E-state index in [9.17, 15) is 9.90 Å². The van der Waals surface area contributed by atoms with Gasteiger partial charge in [-0.3, -0.25) is 4.79 Å². The van der Waals surface area contributed by atoms with Gasteiger partial charge < -0.3 is 15.3 Å². The van der Waals surface area contributed by atoms with E-state index in [-0.39, 0.29) is 18.1 Å². The smallest absolute Gasteiger partial charge is 0.227 e. The predicted molar refractivity (Wildman–Crippen MR) is 80.7 cm³/mol. The van der Waals surface area contributed by atoms with Crippen LogP contribution in [0.1, 0.15) is 44.7 Å². The van der Waals surface area contributed by atoms with Crippen molar-refractivity contribution in [3.8, 4) is 0 Å². The first-order valence-electron chi connectivity index (χ1n) is 7.39. The first-order valence-corrected chi connectivity index (χ1v) is 7.39. The van der Waals surface area contributed by atoms with Gasteiger partial charge >= 0.3 is 0 Å². The highest BCUT2D eigenvalue weighted by atomic mass is 16.3. The van der Waals surface area contributed by atoms with Crippen LogP contribution in [0, 0.1) is 0 Å². The molecule has 0 bridgehead atoms. The Labute approximate surface area is 120 Å². The lowest BCUT2D eigenvalue weighted by molar-refractivity contribution is -0.117. The van der Waals surface area contributed by atoms with Crippen molar-refractivity contribution < 1.29 is 9.90 Å². The lowest BCUT2D eigenvalue weighted by Crippen LogP contribution is -2.24. The average molecular weight is 276 g/mol. The third-order valence-corrected chi connectivity index (χ3v) is 3.79. The summed E-state index contributed by atoms with van der Waals surface area (Å²) in [5, 5.41) is 12.6. The number of hydrogen-bond acceptors (Lipinski definition) is 3. The van der Waals surface area contributed by atoms with E-state index in [0.29, 0.717) is 6.42 Å². The molecule has 1 aromatic carbocycles. The molecule has 0 aromatic heterocycles. The van der Waals surface area contributed by atoms with Crippen LogP contribution in [0.3, 0.4) is 0 Å². The van der Waals surface area contributed by atoms with Crippen LogP contribution in [-0.4, -0.2) is 30.2 Å². The lowest BCUT2D eigenvalue weighted by Gasteiger charge is -2.18. The minimum atomic E-state index is -0.266. The summed E-state index contributed by atoms with van der Waals surface area (Å²) >= 11 is 0. The number of carbonyl (C=O) groups excluding carboxylic acids is 1. The van der Waals surface area contributed by atoms with Gasteiger partial charge in [0.05, 0.1) is 6.10 Å². The van der Waals surface area contributed by atoms with Crippen LogP contribution >= 0.6 is 0 Å². The van der Waals surface area contributed by atoms with E-state index in [1.54, 1.807) is 6.92 Å². The topological polar surface area (TPSA) is 52.6 Å². The second-order valence-corrected chi connectivity index (χ2v) is 5.55. The summed E-state index contributed by atoms with van der Waals surface area (Å²) in [7, 11) is 0. The van der Waals surface area contributed by atoms with Crippen LogP contribution in [0.15, 0.2) is 24.3 Å². The van der Waals surface area contributed by atoms with Gasteiger partial charge in [0.15, 0.2) is 0 Å². The quantitative estimate of drug-likeness (QED) is 0.838. The molecule has 1 saturated heterocycles. The van der Waals surface area contributed by atoms with Crippen LogP contribution in [0.4, 0.5) is 5.69 Å². The number of rotatable bonds is 6. The highest BCUT2D eigenvalue weighted by Crippen LogP contribution is 2.23. The van der Waals surface area contributed by atoms with Gasteiger partial charge in [-0.2, -0.15) is 0 Å². The minimum absolute atomic E-state index is 0.223. The fourth-order valence-corrected chi connectivity index (χ4v) is 2.49. The van der Waals surface area contributed by atoms with Crippen molar-refractivity contribution in [1.82, 2.24) is 5.32 Å². The molecular weight excluding hydrogens is 252 g/mol. The molecule has 1 fully saturated rings. The first kappa shape index (κ1) is 15.0. The molecular formula is C16H24N2O2. The molecule has 2 rings (SSSR count). The molecule has 110 valence electrons. The highest BCUT2D eigenvalue weighted by Gasteiger charge is 2.21. The molecule has 1 aliphatic heterocycles. The van der Waals surface area contributed by atoms with E-state index in [0.717, 1.165) is 31.6 Å². The summed E-state index contributed by atoms with van der Waals surface area (Å²) in [6, 6.07) is 8.43. The third-order valence-electron chi connectivity index (χ3n) is 3.79. The van der Waals surface area contributed by atoms with Crippen LogP contribution in [0.2, 0.25) is 0 Å². The number of aliphatic hydroxyl groups is 1. The van der Waals surface area contributed by atoms with E-state index < -0.39 is 0 Å². The lowest BCUT2D eigenvalue weighted by atomic mass is 10.1. The van der Waals surface area contributed by atoms with Gasteiger partial charge in [0, 0.05) is 24.7 Å². The number of amides is 1. The average Bonchev–Trinajstić information content (AvgIpc) is 2.84. The number of nitrogens with one attached hydrogen (secondary N) is 1. The Kier molecular flexibility index (Phi) is 5.15. The van der Waals surface area contributed by atoms with Crippen LogP contribution < -0.4 is 10.2 Å². The summed E-state index contributed by atoms with van der Waals surface area (Å²) in [4.78, 5) is 13.5. The number of anilines is 1. The maximum absolute atomic E-state index is 11.7. The number of aliphatic hydroxyl groups excluding tert-OH is 1. The molecule has 2 N–H and O–H groups in total. The molecule has 2 unspecified atom stereocenters. The van der Waals surface area contributed by atoms with Crippen molar-refractivity contribution in [1.29, 1.82) is 0 Å². The Morgan fingerprint density at radius 2 is 2.00 bits per heavy atom. The summed E-state index contributed by atoms with van der Waals surface area (Å²) in [6.45, 7) is 5.54. The Bertz CT molecular complexity index is 442.